The molecule has 1 aromatic heterocycles. The van der Waals surface area contributed by atoms with Crippen molar-refractivity contribution in [3.63, 3.8) is 0 Å². The first-order chi connectivity index (χ1) is 12.7. The fraction of sp³-hybridized carbons (Fsp3) is 0.167. The highest BCUT2D eigenvalue weighted by molar-refractivity contribution is 5.90. The molecular formula is C18H14N2O6. The summed E-state index contributed by atoms with van der Waals surface area (Å²) < 4.78 is 25.9. The topological polar surface area (TPSA) is 92.9 Å². The van der Waals surface area contributed by atoms with E-state index in [9.17, 15) is 4.79 Å². The molecule has 0 amide bonds. The van der Waals surface area contributed by atoms with Crippen molar-refractivity contribution in [1.29, 1.82) is 0 Å². The lowest BCUT2D eigenvalue weighted by Gasteiger charge is -2.03. The van der Waals surface area contributed by atoms with Gasteiger partial charge in [-0.25, -0.2) is 4.79 Å². The highest BCUT2D eigenvalue weighted by Gasteiger charge is 2.18. The molecule has 0 atom stereocenters. The van der Waals surface area contributed by atoms with Gasteiger partial charge in [0.25, 0.3) is 5.89 Å². The number of fused-ring (bicyclic) bond motifs is 1. The van der Waals surface area contributed by atoms with Crippen molar-refractivity contribution in [2.24, 2.45) is 0 Å². The molecule has 0 fully saturated rings. The highest BCUT2D eigenvalue weighted by atomic mass is 16.7. The number of carbonyl (C=O) groups is 1. The molecular weight excluding hydrogens is 340 g/mol. The van der Waals surface area contributed by atoms with Gasteiger partial charge in [0.2, 0.25) is 12.6 Å². The monoisotopic (exact) mass is 354 g/mol. The lowest BCUT2D eigenvalue weighted by atomic mass is 10.2. The van der Waals surface area contributed by atoms with Crippen LogP contribution in [0.1, 0.15) is 16.2 Å². The first-order valence-electron chi connectivity index (χ1n) is 7.77. The van der Waals surface area contributed by atoms with E-state index in [2.05, 4.69) is 10.1 Å². The van der Waals surface area contributed by atoms with E-state index < -0.39 is 5.97 Å². The summed E-state index contributed by atoms with van der Waals surface area (Å²) >= 11 is 0. The number of benzene rings is 2. The maximum absolute atomic E-state index is 12.1. The second-order valence-corrected chi connectivity index (χ2v) is 5.38. The van der Waals surface area contributed by atoms with Gasteiger partial charge in [-0.3, -0.25) is 0 Å². The third-order valence-electron chi connectivity index (χ3n) is 3.75. The van der Waals surface area contributed by atoms with Crippen LogP contribution in [0.5, 0.6) is 17.2 Å². The lowest BCUT2D eigenvalue weighted by molar-refractivity contribution is 0.0429. The van der Waals surface area contributed by atoms with Crippen molar-refractivity contribution >= 4 is 5.97 Å². The van der Waals surface area contributed by atoms with Crippen molar-refractivity contribution in [1.82, 2.24) is 10.1 Å². The van der Waals surface area contributed by atoms with Crippen molar-refractivity contribution < 1.29 is 28.3 Å². The van der Waals surface area contributed by atoms with Gasteiger partial charge in [0.05, 0.1) is 12.7 Å². The summed E-state index contributed by atoms with van der Waals surface area (Å²) in [6.07, 6.45) is 0. The predicted octanol–water partition coefficient (Wildman–Crippen LogP) is 2.83. The van der Waals surface area contributed by atoms with Gasteiger partial charge in [0, 0.05) is 5.56 Å². The molecule has 1 aliphatic rings. The fourth-order valence-electron chi connectivity index (χ4n) is 2.40. The zero-order chi connectivity index (χ0) is 17.9. The fourth-order valence-corrected chi connectivity index (χ4v) is 2.40. The van der Waals surface area contributed by atoms with E-state index >= 15 is 0 Å². The zero-order valence-corrected chi connectivity index (χ0v) is 13.8. The number of aromatic nitrogens is 2. The van der Waals surface area contributed by atoms with Crippen LogP contribution in [-0.4, -0.2) is 30.0 Å². The van der Waals surface area contributed by atoms with E-state index in [0.29, 0.717) is 22.9 Å². The number of ether oxygens (including phenoxy) is 4. The van der Waals surface area contributed by atoms with Crippen molar-refractivity contribution in [3.05, 3.63) is 53.9 Å². The van der Waals surface area contributed by atoms with E-state index in [1.165, 1.54) is 0 Å². The minimum atomic E-state index is -0.521. The van der Waals surface area contributed by atoms with Crippen molar-refractivity contribution in [2.75, 3.05) is 13.9 Å². The normalized spacial score (nSPS) is 12.0. The average molecular weight is 354 g/mol. The summed E-state index contributed by atoms with van der Waals surface area (Å²) in [4.78, 5) is 16.4. The number of hydrogen-bond donors (Lipinski definition) is 0. The molecule has 0 saturated carbocycles. The van der Waals surface area contributed by atoms with Crippen molar-refractivity contribution in [2.45, 2.75) is 6.61 Å². The number of methoxy groups -OCH3 is 1. The number of nitrogens with zero attached hydrogens (tertiary/aromatic N) is 2. The van der Waals surface area contributed by atoms with E-state index in [1.807, 2.05) is 12.1 Å². The predicted molar refractivity (Wildman–Crippen MR) is 88.0 cm³/mol. The van der Waals surface area contributed by atoms with Gasteiger partial charge in [-0.05, 0) is 42.5 Å². The summed E-state index contributed by atoms with van der Waals surface area (Å²) in [6.45, 7) is 0.0143. The Morgan fingerprint density at radius 3 is 2.73 bits per heavy atom. The summed E-state index contributed by atoms with van der Waals surface area (Å²) in [7, 11) is 1.59. The molecule has 0 spiro atoms. The molecule has 2 heterocycles. The number of rotatable bonds is 5. The average Bonchev–Trinajstić information content (AvgIpc) is 3.35. The van der Waals surface area contributed by atoms with E-state index in [1.54, 1.807) is 37.4 Å². The largest absolute Gasteiger partial charge is 0.497 e. The second kappa shape index (κ2) is 6.75. The summed E-state index contributed by atoms with van der Waals surface area (Å²) in [6, 6.07) is 12.1. The van der Waals surface area contributed by atoms with Crippen LogP contribution in [0.25, 0.3) is 11.4 Å². The molecule has 132 valence electrons. The molecule has 4 rings (SSSR count). The van der Waals surface area contributed by atoms with Gasteiger partial charge in [0.15, 0.2) is 18.1 Å². The Labute approximate surface area is 148 Å². The molecule has 8 heteroatoms. The molecule has 0 bridgehead atoms. The zero-order valence-electron chi connectivity index (χ0n) is 13.8. The summed E-state index contributed by atoms with van der Waals surface area (Å²) in [5, 5.41) is 3.89. The van der Waals surface area contributed by atoms with Crippen LogP contribution >= 0.6 is 0 Å². The number of hydrogen-bond acceptors (Lipinski definition) is 8. The molecule has 1 aliphatic heterocycles. The molecule has 0 aliphatic carbocycles. The maximum Gasteiger partial charge on any atom is 0.338 e. The molecule has 0 radical (unpaired) electrons. The number of esters is 1. The van der Waals surface area contributed by atoms with Gasteiger partial charge in [-0.15, -0.1) is 0 Å². The molecule has 26 heavy (non-hydrogen) atoms. The third-order valence-corrected chi connectivity index (χ3v) is 3.75. The van der Waals surface area contributed by atoms with Crippen LogP contribution in [0.3, 0.4) is 0 Å². The van der Waals surface area contributed by atoms with E-state index in [-0.39, 0.29) is 19.3 Å². The minimum Gasteiger partial charge on any atom is -0.497 e. The van der Waals surface area contributed by atoms with Gasteiger partial charge in [-0.1, -0.05) is 5.16 Å². The first-order valence-corrected chi connectivity index (χ1v) is 7.77. The van der Waals surface area contributed by atoms with Crippen LogP contribution in [0.2, 0.25) is 0 Å². The Balaban J connectivity index is 1.40. The molecule has 0 N–H and O–H groups in total. The van der Waals surface area contributed by atoms with Gasteiger partial charge in [0.1, 0.15) is 5.75 Å². The smallest absolute Gasteiger partial charge is 0.338 e. The molecule has 3 aromatic rings. The number of carbonyl (C=O) groups excluding carboxylic acids is 1. The quantitative estimate of drug-likeness (QED) is 0.646. The maximum atomic E-state index is 12.1. The molecule has 0 saturated heterocycles. The standard InChI is InChI=1S/C18H14N2O6/c1-22-13-5-2-11(3-6-13)17-19-16(26-20-17)9-23-18(21)12-4-7-14-15(8-12)25-10-24-14/h2-8H,9-10H2,1H3. The van der Waals surface area contributed by atoms with E-state index in [4.69, 9.17) is 23.5 Å². The van der Waals surface area contributed by atoms with Crippen LogP contribution < -0.4 is 14.2 Å². The van der Waals surface area contributed by atoms with Gasteiger partial charge >= 0.3 is 5.97 Å². The Kier molecular flexibility index (Phi) is 4.14. The van der Waals surface area contributed by atoms with Crippen LogP contribution in [-0.2, 0) is 11.3 Å². The Morgan fingerprint density at radius 2 is 1.92 bits per heavy atom. The Bertz CT molecular complexity index is 935. The highest BCUT2D eigenvalue weighted by Crippen LogP contribution is 2.32. The van der Waals surface area contributed by atoms with Crippen LogP contribution in [0.15, 0.2) is 47.0 Å². The van der Waals surface area contributed by atoms with Crippen molar-refractivity contribution in [3.8, 4) is 28.6 Å². The van der Waals surface area contributed by atoms with E-state index in [0.717, 1.165) is 11.3 Å². The lowest BCUT2D eigenvalue weighted by Crippen LogP contribution is -2.05. The van der Waals surface area contributed by atoms with Gasteiger partial charge in [-0.2, -0.15) is 4.98 Å². The SMILES string of the molecule is COc1ccc(-c2noc(COC(=O)c3ccc4c(c3)OCO4)n2)cc1. The van der Waals surface area contributed by atoms with Crippen LogP contribution in [0, 0.1) is 0 Å². The summed E-state index contributed by atoms with van der Waals surface area (Å²) in [5.41, 5.74) is 1.12. The molecule has 8 nitrogen and oxygen atoms in total. The molecule has 0 unspecified atom stereocenters. The second-order valence-electron chi connectivity index (χ2n) is 5.38. The summed E-state index contributed by atoms with van der Waals surface area (Å²) in [5.74, 6) is 1.93. The Morgan fingerprint density at radius 1 is 1.12 bits per heavy atom. The molecule has 2 aromatic carbocycles. The van der Waals surface area contributed by atoms with Crippen LogP contribution in [0.4, 0.5) is 0 Å². The first kappa shape index (κ1) is 15.9. The third kappa shape index (κ3) is 3.16. The van der Waals surface area contributed by atoms with Gasteiger partial charge < -0.3 is 23.5 Å². The minimum absolute atomic E-state index is 0.129. The Hall–Kier alpha value is -3.55.